The number of furan rings is 1. The summed E-state index contributed by atoms with van der Waals surface area (Å²) in [7, 11) is 0. The topological polar surface area (TPSA) is 54.7 Å². The van der Waals surface area contributed by atoms with Crippen LogP contribution in [0.25, 0.3) is 22.7 Å². The van der Waals surface area contributed by atoms with Crippen LogP contribution in [0.2, 0.25) is 0 Å². The van der Waals surface area contributed by atoms with Gasteiger partial charge >= 0.3 is 0 Å². The van der Waals surface area contributed by atoms with Gasteiger partial charge in [0, 0.05) is 17.3 Å². The van der Waals surface area contributed by atoms with E-state index in [9.17, 15) is 0 Å². The summed E-state index contributed by atoms with van der Waals surface area (Å²) in [6.07, 6.45) is 5.23. The molecule has 3 heterocycles. The van der Waals surface area contributed by atoms with Gasteiger partial charge in [0.1, 0.15) is 5.76 Å². The van der Waals surface area contributed by atoms with Crippen molar-refractivity contribution in [3.8, 4) is 22.7 Å². The summed E-state index contributed by atoms with van der Waals surface area (Å²) in [6.45, 7) is 0. The van der Waals surface area contributed by atoms with Gasteiger partial charge < -0.3 is 9.40 Å². The van der Waals surface area contributed by atoms with Crippen molar-refractivity contribution in [3.05, 3.63) is 36.9 Å². The third kappa shape index (κ3) is 1.01. The molecule has 1 aromatic rings. The zero-order valence-electron chi connectivity index (χ0n) is 7.27. The third-order valence-corrected chi connectivity index (χ3v) is 2.11. The van der Waals surface area contributed by atoms with Crippen LogP contribution < -0.4 is 0 Å². The molecule has 0 saturated heterocycles. The molecule has 4 heteroatoms. The second-order valence-electron chi connectivity index (χ2n) is 3.01. The van der Waals surface area contributed by atoms with Gasteiger partial charge in [-0.25, -0.2) is 0 Å². The molecule has 0 radical (unpaired) electrons. The molecule has 0 amide bonds. The summed E-state index contributed by atoms with van der Waals surface area (Å²) in [5, 5.41) is 7.72. The Kier molecular flexibility index (Phi) is 1.41. The molecule has 1 aromatic heterocycles. The second-order valence-corrected chi connectivity index (χ2v) is 3.01. The Hall–Kier alpha value is -2.10. The number of hydrogen-bond acceptors (Lipinski definition) is 3. The average Bonchev–Trinajstić information content (AvgIpc) is 2.88. The van der Waals surface area contributed by atoms with Crippen LogP contribution in [0, 0.1) is 0 Å². The summed E-state index contributed by atoms with van der Waals surface area (Å²) in [5.74, 6) is 1.63. The number of pyridine rings is 1. The molecular formula is C10H7N3O. The van der Waals surface area contributed by atoms with E-state index in [1.807, 2.05) is 24.4 Å². The van der Waals surface area contributed by atoms with Gasteiger partial charge in [0.25, 0.3) is 0 Å². The largest absolute Gasteiger partial charge is 0.464 e. The van der Waals surface area contributed by atoms with Crippen molar-refractivity contribution in [1.82, 2.24) is 15.2 Å². The number of fused-ring (bicyclic) bond motifs is 1. The van der Waals surface area contributed by atoms with Crippen LogP contribution in [0.5, 0.6) is 0 Å². The standard InChI is InChI=1S/C10H7N3O/c1-2-9(14-3-1)7-4-8-6-12-13-10(8)11-5-7/h1-6H,(H,11,12,13). The van der Waals surface area contributed by atoms with Crippen molar-refractivity contribution in [1.29, 1.82) is 0 Å². The lowest BCUT2D eigenvalue weighted by molar-refractivity contribution is 0.582. The van der Waals surface area contributed by atoms with E-state index in [4.69, 9.17) is 4.42 Å². The fourth-order valence-electron chi connectivity index (χ4n) is 1.43. The Morgan fingerprint density at radius 1 is 1.29 bits per heavy atom. The highest BCUT2D eigenvalue weighted by Gasteiger charge is 2.08. The number of aromatic amines is 1. The first-order valence-electron chi connectivity index (χ1n) is 4.27. The van der Waals surface area contributed by atoms with Gasteiger partial charge in [-0.1, -0.05) is 0 Å². The van der Waals surface area contributed by atoms with Gasteiger partial charge in [0.05, 0.1) is 12.5 Å². The predicted octanol–water partition coefficient (Wildman–Crippen LogP) is 2.17. The van der Waals surface area contributed by atoms with Crippen LogP contribution in [0.3, 0.4) is 0 Å². The summed E-state index contributed by atoms with van der Waals surface area (Å²) in [6, 6.07) is 5.77. The van der Waals surface area contributed by atoms with Crippen molar-refractivity contribution in [2.24, 2.45) is 0 Å². The number of nitrogens with zero attached hydrogens (tertiary/aromatic N) is 2. The highest BCUT2D eigenvalue weighted by Crippen LogP contribution is 2.24. The SMILES string of the molecule is c1coc(-c2c[nH]c3nncc-3c2)c1. The molecule has 0 saturated carbocycles. The minimum atomic E-state index is 0.792. The molecule has 0 aliphatic carbocycles. The minimum absolute atomic E-state index is 0.792. The highest BCUT2D eigenvalue weighted by molar-refractivity contribution is 5.66. The van der Waals surface area contributed by atoms with E-state index >= 15 is 0 Å². The van der Waals surface area contributed by atoms with Crippen molar-refractivity contribution in [2.45, 2.75) is 0 Å². The number of nitrogens with one attached hydrogen (secondary N) is 1. The summed E-state index contributed by atoms with van der Waals surface area (Å²) in [4.78, 5) is 3.05. The molecule has 0 bridgehead atoms. The summed E-state index contributed by atoms with van der Waals surface area (Å²) in [5.41, 5.74) is 1.98. The molecule has 14 heavy (non-hydrogen) atoms. The van der Waals surface area contributed by atoms with E-state index in [2.05, 4.69) is 15.2 Å². The van der Waals surface area contributed by atoms with E-state index in [0.29, 0.717) is 0 Å². The molecule has 0 atom stereocenters. The fourth-order valence-corrected chi connectivity index (χ4v) is 1.43. The Morgan fingerprint density at radius 3 is 3.14 bits per heavy atom. The first-order valence-corrected chi connectivity index (χ1v) is 4.27. The Morgan fingerprint density at radius 2 is 2.29 bits per heavy atom. The van der Waals surface area contributed by atoms with Crippen LogP contribution in [-0.2, 0) is 0 Å². The van der Waals surface area contributed by atoms with Crippen LogP contribution in [-0.4, -0.2) is 15.2 Å². The Labute approximate surface area is 79.9 Å². The van der Waals surface area contributed by atoms with E-state index in [0.717, 1.165) is 22.7 Å². The molecule has 0 spiro atoms. The van der Waals surface area contributed by atoms with Crippen molar-refractivity contribution in [3.63, 3.8) is 0 Å². The molecule has 0 fully saturated rings. The first-order chi connectivity index (χ1) is 6.93. The first kappa shape index (κ1) is 7.32. The lowest BCUT2D eigenvalue weighted by atomic mass is 10.1. The Bertz CT molecular complexity index is 512. The monoisotopic (exact) mass is 185 g/mol. The maximum absolute atomic E-state index is 5.28. The van der Waals surface area contributed by atoms with Crippen molar-refractivity contribution < 1.29 is 4.42 Å². The van der Waals surface area contributed by atoms with Crippen molar-refractivity contribution >= 4 is 0 Å². The molecule has 4 nitrogen and oxygen atoms in total. The molecule has 1 N–H and O–H groups in total. The predicted molar refractivity (Wildman–Crippen MR) is 50.7 cm³/mol. The lowest BCUT2D eigenvalue weighted by Crippen LogP contribution is -1.84. The van der Waals surface area contributed by atoms with Gasteiger partial charge in [-0.3, -0.25) is 0 Å². The molecule has 0 aromatic carbocycles. The van der Waals surface area contributed by atoms with Gasteiger partial charge in [0.2, 0.25) is 0 Å². The highest BCUT2D eigenvalue weighted by atomic mass is 16.3. The van der Waals surface area contributed by atoms with Gasteiger partial charge in [0.15, 0.2) is 5.82 Å². The fraction of sp³-hybridized carbons (Fsp3) is 0. The zero-order chi connectivity index (χ0) is 9.38. The van der Waals surface area contributed by atoms with Crippen LogP contribution in [0.15, 0.2) is 41.3 Å². The number of hydrogen-bond donors (Lipinski definition) is 1. The molecule has 2 aliphatic heterocycles. The van der Waals surface area contributed by atoms with E-state index in [1.165, 1.54) is 0 Å². The maximum Gasteiger partial charge on any atom is 0.161 e. The quantitative estimate of drug-likeness (QED) is 0.632. The normalized spacial score (nSPS) is 10.9. The van der Waals surface area contributed by atoms with E-state index in [-0.39, 0.29) is 0 Å². The molecular weight excluding hydrogens is 178 g/mol. The van der Waals surface area contributed by atoms with Crippen LogP contribution in [0.4, 0.5) is 0 Å². The van der Waals surface area contributed by atoms with E-state index < -0.39 is 0 Å². The smallest absolute Gasteiger partial charge is 0.161 e. The average molecular weight is 185 g/mol. The number of aromatic nitrogens is 3. The molecule has 68 valence electrons. The van der Waals surface area contributed by atoms with E-state index in [1.54, 1.807) is 12.5 Å². The van der Waals surface area contributed by atoms with Gasteiger partial charge in [-0.15, -0.1) is 5.10 Å². The van der Waals surface area contributed by atoms with Crippen LogP contribution in [0.1, 0.15) is 0 Å². The maximum atomic E-state index is 5.28. The lowest BCUT2D eigenvalue weighted by Gasteiger charge is -1.99. The van der Waals surface area contributed by atoms with Gasteiger partial charge in [-0.05, 0) is 18.2 Å². The minimum Gasteiger partial charge on any atom is -0.464 e. The molecule has 3 rings (SSSR count). The summed E-state index contributed by atoms with van der Waals surface area (Å²) < 4.78 is 5.28. The molecule has 0 unspecified atom stereocenters. The number of H-pyrrole nitrogens is 1. The van der Waals surface area contributed by atoms with Gasteiger partial charge in [-0.2, -0.15) is 5.10 Å². The Balaban J connectivity index is 2.20. The zero-order valence-corrected chi connectivity index (χ0v) is 7.27. The third-order valence-electron chi connectivity index (χ3n) is 2.11. The second kappa shape index (κ2) is 2.70. The van der Waals surface area contributed by atoms with Crippen molar-refractivity contribution in [2.75, 3.05) is 0 Å². The number of rotatable bonds is 1. The summed E-state index contributed by atoms with van der Waals surface area (Å²) >= 11 is 0. The molecule has 2 aliphatic rings. The van der Waals surface area contributed by atoms with Crippen LogP contribution >= 0.6 is 0 Å².